The molecule has 98 valence electrons. The van der Waals surface area contributed by atoms with Crippen LogP contribution in [0, 0.1) is 5.92 Å². The van der Waals surface area contributed by atoms with Gasteiger partial charge in [-0.1, -0.05) is 13.8 Å². The summed E-state index contributed by atoms with van der Waals surface area (Å²) in [5, 5.41) is 3.01. The molecule has 0 radical (unpaired) electrons. The van der Waals surface area contributed by atoms with E-state index in [2.05, 4.69) is 26.1 Å². The Hall–Kier alpha value is -0.0900. The van der Waals surface area contributed by atoms with Crippen molar-refractivity contribution >= 4 is 9.84 Å². The van der Waals surface area contributed by atoms with Crippen LogP contribution in [-0.2, 0) is 9.84 Å². The lowest BCUT2D eigenvalue weighted by molar-refractivity contribution is 0.458. The summed E-state index contributed by atoms with van der Waals surface area (Å²) in [6.45, 7) is 10.6. The normalized spacial score (nSPS) is 14.7. The second kappa shape index (κ2) is 7.28. The number of hydrogen-bond donors (Lipinski definition) is 1. The molecule has 0 amide bonds. The summed E-state index contributed by atoms with van der Waals surface area (Å²) in [6.07, 6.45) is 2.30. The van der Waals surface area contributed by atoms with E-state index in [0.29, 0.717) is 18.5 Å². The first-order valence-electron chi connectivity index (χ1n) is 6.20. The highest BCUT2D eigenvalue weighted by Gasteiger charge is 2.15. The van der Waals surface area contributed by atoms with Crippen LogP contribution in [0.5, 0.6) is 0 Å². The number of hydrogen-bond acceptors (Lipinski definition) is 3. The third-order valence-electron chi connectivity index (χ3n) is 2.77. The molecule has 0 aromatic carbocycles. The molecule has 0 aromatic heterocycles. The van der Waals surface area contributed by atoms with Crippen LogP contribution in [0.2, 0.25) is 0 Å². The monoisotopic (exact) mass is 249 g/mol. The minimum absolute atomic E-state index is 0.247. The Balaban J connectivity index is 3.74. The van der Waals surface area contributed by atoms with Gasteiger partial charge in [0.05, 0.1) is 11.0 Å². The van der Waals surface area contributed by atoms with Gasteiger partial charge >= 0.3 is 0 Å². The molecule has 1 unspecified atom stereocenters. The van der Waals surface area contributed by atoms with Gasteiger partial charge in [0, 0.05) is 12.6 Å². The van der Waals surface area contributed by atoms with E-state index in [9.17, 15) is 8.42 Å². The summed E-state index contributed by atoms with van der Waals surface area (Å²) < 4.78 is 23.1. The quantitative estimate of drug-likeness (QED) is 0.717. The molecule has 0 heterocycles. The number of rotatable bonds is 8. The van der Waals surface area contributed by atoms with E-state index in [0.717, 1.165) is 6.42 Å². The van der Waals surface area contributed by atoms with Crippen LogP contribution in [0.25, 0.3) is 0 Å². The van der Waals surface area contributed by atoms with Crippen LogP contribution in [0.4, 0.5) is 0 Å². The number of sulfone groups is 1. The van der Waals surface area contributed by atoms with Gasteiger partial charge in [0.25, 0.3) is 0 Å². The molecular weight excluding hydrogens is 222 g/mol. The maximum atomic E-state index is 11.5. The van der Waals surface area contributed by atoms with Crippen LogP contribution in [0.3, 0.4) is 0 Å². The van der Waals surface area contributed by atoms with Gasteiger partial charge < -0.3 is 5.32 Å². The summed E-state index contributed by atoms with van der Waals surface area (Å²) in [5.41, 5.74) is 0. The standard InChI is InChI=1S/C12H27NO2S/c1-10(2)6-7-12(5)13-8-9-16(14,15)11(3)4/h10-13H,6-9H2,1-5H3. The van der Waals surface area contributed by atoms with Gasteiger partial charge in [0.15, 0.2) is 9.84 Å². The van der Waals surface area contributed by atoms with E-state index < -0.39 is 9.84 Å². The van der Waals surface area contributed by atoms with Crippen molar-refractivity contribution in [3.63, 3.8) is 0 Å². The molecular formula is C12H27NO2S. The average molecular weight is 249 g/mol. The maximum Gasteiger partial charge on any atom is 0.153 e. The van der Waals surface area contributed by atoms with Crippen molar-refractivity contribution in [3.8, 4) is 0 Å². The summed E-state index contributed by atoms with van der Waals surface area (Å²) in [4.78, 5) is 0. The average Bonchev–Trinajstić information content (AvgIpc) is 2.14. The molecule has 3 nitrogen and oxygen atoms in total. The Labute approximate surface area is 101 Å². The van der Waals surface area contributed by atoms with E-state index >= 15 is 0 Å². The first kappa shape index (κ1) is 15.9. The molecule has 0 rings (SSSR count). The lowest BCUT2D eigenvalue weighted by Gasteiger charge is -2.15. The Morgan fingerprint density at radius 2 is 1.56 bits per heavy atom. The molecule has 4 heteroatoms. The van der Waals surface area contributed by atoms with Crippen LogP contribution in [0.15, 0.2) is 0 Å². The zero-order chi connectivity index (χ0) is 12.8. The summed E-state index contributed by atoms with van der Waals surface area (Å²) in [5.74, 6) is 0.958. The predicted octanol–water partition coefficient (Wildman–Crippen LogP) is 2.22. The zero-order valence-electron chi connectivity index (χ0n) is 11.3. The topological polar surface area (TPSA) is 46.2 Å². The van der Waals surface area contributed by atoms with Gasteiger partial charge in [-0.05, 0) is 39.5 Å². The van der Waals surface area contributed by atoms with Gasteiger partial charge in [-0.2, -0.15) is 0 Å². The van der Waals surface area contributed by atoms with Crippen molar-refractivity contribution in [1.29, 1.82) is 0 Å². The lowest BCUT2D eigenvalue weighted by Crippen LogP contribution is -2.33. The van der Waals surface area contributed by atoms with Gasteiger partial charge in [-0.15, -0.1) is 0 Å². The highest BCUT2D eigenvalue weighted by molar-refractivity contribution is 7.92. The minimum Gasteiger partial charge on any atom is -0.313 e. The van der Waals surface area contributed by atoms with Crippen LogP contribution in [-0.4, -0.2) is 32.0 Å². The number of nitrogens with one attached hydrogen (secondary N) is 1. The van der Waals surface area contributed by atoms with Crippen molar-refractivity contribution in [1.82, 2.24) is 5.32 Å². The molecule has 16 heavy (non-hydrogen) atoms. The van der Waals surface area contributed by atoms with Gasteiger partial charge in [0.2, 0.25) is 0 Å². The van der Waals surface area contributed by atoms with E-state index in [4.69, 9.17) is 0 Å². The second-order valence-corrected chi connectivity index (χ2v) is 7.92. The Bertz CT molecular complexity index is 271. The Morgan fingerprint density at radius 3 is 2.00 bits per heavy atom. The smallest absolute Gasteiger partial charge is 0.153 e. The van der Waals surface area contributed by atoms with Gasteiger partial charge in [-0.3, -0.25) is 0 Å². The molecule has 0 saturated carbocycles. The molecule has 0 bridgehead atoms. The fourth-order valence-electron chi connectivity index (χ4n) is 1.37. The molecule has 0 aliphatic carbocycles. The summed E-state index contributed by atoms with van der Waals surface area (Å²) in [7, 11) is -2.89. The third kappa shape index (κ3) is 7.23. The van der Waals surface area contributed by atoms with E-state index in [1.807, 2.05) is 0 Å². The molecule has 0 saturated heterocycles. The third-order valence-corrected chi connectivity index (χ3v) is 4.98. The van der Waals surface area contributed by atoms with Crippen LogP contribution in [0.1, 0.15) is 47.5 Å². The fourth-order valence-corrected chi connectivity index (χ4v) is 2.24. The Morgan fingerprint density at radius 1 is 1.00 bits per heavy atom. The largest absolute Gasteiger partial charge is 0.313 e. The fraction of sp³-hybridized carbons (Fsp3) is 1.00. The highest BCUT2D eigenvalue weighted by Crippen LogP contribution is 2.06. The van der Waals surface area contributed by atoms with E-state index in [1.165, 1.54) is 6.42 Å². The van der Waals surface area contributed by atoms with E-state index in [-0.39, 0.29) is 11.0 Å². The molecule has 0 aromatic rings. The maximum absolute atomic E-state index is 11.5. The van der Waals surface area contributed by atoms with Crippen LogP contribution >= 0.6 is 0 Å². The summed E-state index contributed by atoms with van der Waals surface area (Å²) >= 11 is 0. The second-order valence-electron chi connectivity index (χ2n) is 5.24. The molecule has 0 fully saturated rings. The molecule has 0 spiro atoms. The van der Waals surface area contributed by atoms with Crippen molar-refractivity contribution < 1.29 is 8.42 Å². The predicted molar refractivity (Wildman–Crippen MR) is 70.5 cm³/mol. The zero-order valence-corrected chi connectivity index (χ0v) is 12.1. The molecule has 1 N–H and O–H groups in total. The molecule has 0 aliphatic heterocycles. The highest BCUT2D eigenvalue weighted by atomic mass is 32.2. The van der Waals surface area contributed by atoms with Crippen molar-refractivity contribution in [2.75, 3.05) is 12.3 Å². The SMILES string of the molecule is CC(C)CCC(C)NCCS(=O)(=O)C(C)C. The summed E-state index contributed by atoms with van der Waals surface area (Å²) in [6, 6.07) is 0.407. The minimum atomic E-state index is -2.89. The van der Waals surface area contributed by atoms with Crippen molar-refractivity contribution in [2.45, 2.75) is 58.8 Å². The first-order valence-corrected chi connectivity index (χ1v) is 7.92. The van der Waals surface area contributed by atoms with Gasteiger partial charge in [0.1, 0.15) is 0 Å². The van der Waals surface area contributed by atoms with Crippen molar-refractivity contribution in [3.05, 3.63) is 0 Å². The Kier molecular flexibility index (Phi) is 7.24. The lowest BCUT2D eigenvalue weighted by atomic mass is 10.0. The van der Waals surface area contributed by atoms with E-state index in [1.54, 1.807) is 13.8 Å². The van der Waals surface area contributed by atoms with Crippen molar-refractivity contribution in [2.24, 2.45) is 5.92 Å². The molecule has 0 aliphatic rings. The molecule has 1 atom stereocenters. The van der Waals surface area contributed by atoms with Crippen LogP contribution < -0.4 is 5.32 Å². The van der Waals surface area contributed by atoms with Gasteiger partial charge in [-0.25, -0.2) is 8.42 Å². The first-order chi connectivity index (χ1) is 7.25.